The number of hydrogen-bond acceptors (Lipinski definition) is 3. The quantitative estimate of drug-likeness (QED) is 0.202. The fraction of sp³-hybridized carbons (Fsp3) is 0.148. The van der Waals surface area contributed by atoms with Crippen LogP contribution in [0, 0.1) is 51.5 Å². The summed E-state index contributed by atoms with van der Waals surface area (Å²) in [6.45, 7) is 8.12. The second-order valence-corrected chi connectivity index (χ2v) is 7.89. The first-order valence-electron chi connectivity index (χ1n) is 10.8. The number of pyridine rings is 1. The average molecular weight is 683 g/mol. The molecule has 0 saturated heterocycles. The van der Waals surface area contributed by atoms with Crippen LogP contribution in [0.3, 0.4) is 0 Å². The number of aromatic nitrogens is 5. The minimum atomic E-state index is -0.649. The standard InChI is InChI=1S/C16H17N4.C11H6F2N.ClH.Ir/c1-11-9-12(2)16(20-8-6-14(4)18-20)10-15(11)19-7-5-13(3)17-19;12-8-4-5-9(10(13)7-8)11-3-1-2-6-14-11;;/h5-9H,1-4H3;1-4,6-7H;1H;/q2*-1;;+3/p-1. The van der Waals surface area contributed by atoms with Crippen LogP contribution >= 0.6 is 9.58 Å². The maximum absolute atomic E-state index is 13.2. The molecule has 0 atom stereocenters. The van der Waals surface area contributed by atoms with Crippen molar-refractivity contribution in [3.8, 4) is 22.6 Å². The number of rotatable bonds is 3. The Bertz CT molecular complexity index is 1370. The summed E-state index contributed by atoms with van der Waals surface area (Å²) in [6.07, 6.45) is 5.47. The SMILES string of the molecule is Cc1ccn(-c2[c-]c(-n3ccc(C)n3)c(C)cc2C)n1.Fc1c[c-]c(-c2ccccn2)c(F)c1.[Cl][Ir+2]. The molecule has 0 radical (unpaired) electrons. The normalized spacial score (nSPS) is 10.2. The molecule has 0 N–H and O–H groups in total. The molecular formula is C27H23ClF2IrN5. The van der Waals surface area contributed by atoms with E-state index in [0.717, 1.165) is 46.0 Å². The van der Waals surface area contributed by atoms with Crippen LogP contribution in [-0.4, -0.2) is 24.5 Å². The molecule has 0 unspecified atom stereocenters. The van der Waals surface area contributed by atoms with E-state index in [0.29, 0.717) is 5.69 Å². The van der Waals surface area contributed by atoms with Gasteiger partial charge in [0.1, 0.15) is 0 Å². The Labute approximate surface area is 223 Å². The first-order chi connectivity index (χ1) is 17.3. The van der Waals surface area contributed by atoms with Gasteiger partial charge in [-0.2, -0.15) is 16.3 Å². The zero-order chi connectivity index (χ0) is 26.2. The molecule has 3 aromatic heterocycles. The summed E-state index contributed by atoms with van der Waals surface area (Å²) >= 11 is 1.47. The molecule has 0 aliphatic heterocycles. The molecule has 36 heavy (non-hydrogen) atoms. The predicted molar refractivity (Wildman–Crippen MR) is 133 cm³/mol. The van der Waals surface area contributed by atoms with Gasteiger partial charge in [0.15, 0.2) is 0 Å². The van der Waals surface area contributed by atoms with Crippen LogP contribution in [0.5, 0.6) is 0 Å². The Kier molecular flexibility index (Phi) is 9.65. The zero-order valence-corrected chi connectivity index (χ0v) is 23.2. The van der Waals surface area contributed by atoms with Crippen molar-refractivity contribution in [3.63, 3.8) is 0 Å². The first-order valence-corrected chi connectivity index (χ1v) is 13.8. The fourth-order valence-electron chi connectivity index (χ4n) is 3.48. The van der Waals surface area contributed by atoms with Crippen molar-refractivity contribution in [1.29, 1.82) is 0 Å². The zero-order valence-electron chi connectivity index (χ0n) is 20.1. The van der Waals surface area contributed by atoms with Crippen molar-refractivity contribution < 1.29 is 26.7 Å². The van der Waals surface area contributed by atoms with Gasteiger partial charge in [0.25, 0.3) is 0 Å². The second-order valence-electron chi connectivity index (χ2n) is 7.89. The predicted octanol–water partition coefficient (Wildman–Crippen LogP) is 6.61. The fourth-order valence-corrected chi connectivity index (χ4v) is 3.48. The number of benzene rings is 2. The molecule has 0 aliphatic carbocycles. The summed E-state index contributed by atoms with van der Waals surface area (Å²) in [7, 11) is 4.64. The Morgan fingerprint density at radius 1 is 0.833 bits per heavy atom. The maximum atomic E-state index is 13.2. The molecule has 0 fully saturated rings. The van der Waals surface area contributed by atoms with Crippen LogP contribution in [0.1, 0.15) is 22.5 Å². The van der Waals surface area contributed by atoms with Gasteiger partial charge in [0, 0.05) is 30.2 Å². The van der Waals surface area contributed by atoms with Crippen molar-refractivity contribution in [1.82, 2.24) is 24.5 Å². The first kappa shape index (κ1) is 27.4. The van der Waals surface area contributed by atoms with Crippen molar-refractivity contribution in [2.45, 2.75) is 27.7 Å². The molecule has 0 saturated carbocycles. The molecule has 186 valence electrons. The van der Waals surface area contributed by atoms with E-state index in [1.807, 2.05) is 47.7 Å². The summed E-state index contributed by atoms with van der Waals surface area (Å²) in [5, 5.41) is 8.93. The van der Waals surface area contributed by atoms with Gasteiger partial charge < -0.3 is 4.98 Å². The molecule has 5 rings (SSSR count). The van der Waals surface area contributed by atoms with Crippen LogP contribution in [0.15, 0.2) is 67.1 Å². The number of halogens is 3. The summed E-state index contributed by atoms with van der Waals surface area (Å²) < 4.78 is 29.5. The third kappa shape index (κ3) is 6.72. The van der Waals surface area contributed by atoms with E-state index >= 15 is 0 Å². The second kappa shape index (κ2) is 12.7. The summed E-state index contributed by atoms with van der Waals surface area (Å²) in [5.41, 5.74) is 6.86. The van der Waals surface area contributed by atoms with E-state index < -0.39 is 11.6 Å². The third-order valence-electron chi connectivity index (χ3n) is 5.10. The number of nitrogens with zero attached hydrogens (tertiary/aromatic N) is 5. The molecule has 5 nitrogen and oxygen atoms in total. The van der Waals surface area contributed by atoms with E-state index in [-0.39, 0.29) is 5.56 Å². The molecule has 0 bridgehead atoms. The number of hydrogen-bond donors (Lipinski definition) is 0. The molecule has 9 heteroatoms. The monoisotopic (exact) mass is 683 g/mol. The van der Waals surface area contributed by atoms with E-state index in [4.69, 9.17) is 0 Å². The van der Waals surface area contributed by atoms with E-state index in [1.54, 1.807) is 24.4 Å². The van der Waals surface area contributed by atoms with Gasteiger partial charge in [0.2, 0.25) is 0 Å². The van der Waals surface area contributed by atoms with Crippen LogP contribution < -0.4 is 0 Å². The summed E-state index contributed by atoms with van der Waals surface area (Å²) in [5.74, 6) is -1.29. The third-order valence-corrected chi connectivity index (χ3v) is 5.10. The van der Waals surface area contributed by atoms with Gasteiger partial charge in [-0.05, 0) is 49.1 Å². The van der Waals surface area contributed by atoms with Gasteiger partial charge in [-0.3, -0.25) is 18.1 Å². The topological polar surface area (TPSA) is 48.5 Å². The number of aryl methyl sites for hydroxylation is 4. The Morgan fingerprint density at radius 2 is 1.42 bits per heavy atom. The van der Waals surface area contributed by atoms with E-state index in [2.05, 4.69) is 56.8 Å². The van der Waals surface area contributed by atoms with Crippen LogP contribution in [0.25, 0.3) is 22.6 Å². The Hall–Kier alpha value is -3.19. The molecule has 0 aliphatic rings. The average Bonchev–Trinajstić information content (AvgIpc) is 3.49. The van der Waals surface area contributed by atoms with Gasteiger partial charge in [-0.1, -0.05) is 37.6 Å². The Morgan fingerprint density at radius 3 is 1.86 bits per heavy atom. The van der Waals surface area contributed by atoms with Crippen molar-refractivity contribution >= 4 is 9.58 Å². The van der Waals surface area contributed by atoms with Gasteiger partial charge in [0.05, 0.1) is 11.4 Å². The van der Waals surface area contributed by atoms with Crippen LogP contribution in [-0.2, 0) is 17.9 Å². The van der Waals surface area contributed by atoms with Gasteiger partial charge >= 0.3 is 27.5 Å². The van der Waals surface area contributed by atoms with E-state index in [1.165, 1.54) is 17.9 Å². The minimum absolute atomic E-state index is 0.187. The molecule has 0 amide bonds. The van der Waals surface area contributed by atoms with Gasteiger partial charge in [-0.25, -0.2) is 0 Å². The molecule has 5 aromatic rings. The Balaban J connectivity index is 0.000000198. The van der Waals surface area contributed by atoms with Gasteiger partial charge in [-0.15, -0.1) is 29.3 Å². The summed E-state index contributed by atoms with van der Waals surface area (Å²) in [6, 6.07) is 19.1. The van der Waals surface area contributed by atoms with Crippen molar-refractivity contribution in [3.05, 3.63) is 113 Å². The van der Waals surface area contributed by atoms with Crippen LogP contribution in [0.4, 0.5) is 8.78 Å². The van der Waals surface area contributed by atoms with E-state index in [9.17, 15) is 8.78 Å². The van der Waals surface area contributed by atoms with Crippen molar-refractivity contribution in [2.24, 2.45) is 0 Å². The van der Waals surface area contributed by atoms with Crippen molar-refractivity contribution in [2.75, 3.05) is 0 Å². The molecule has 0 spiro atoms. The molecule has 2 aromatic carbocycles. The summed E-state index contributed by atoms with van der Waals surface area (Å²) in [4.78, 5) is 3.95. The van der Waals surface area contributed by atoms with Crippen LogP contribution in [0.2, 0.25) is 0 Å². The molecular weight excluding hydrogens is 660 g/mol. The molecule has 3 heterocycles.